The molecule has 0 spiro atoms. The molecule has 0 amide bonds. The van der Waals surface area contributed by atoms with Gasteiger partial charge in [0.2, 0.25) is 0 Å². The molecule has 0 aliphatic rings. The zero-order valence-corrected chi connectivity index (χ0v) is 18.6. The van der Waals surface area contributed by atoms with Gasteiger partial charge >= 0.3 is 12.3 Å². The normalized spacial score (nSPS) is 11.9. The van der Waals surface area contributed by atoms with Crippen molar-refractivity contribution in [2.45, 2.75) is 77.0 Å². The molecule has 1 aromatic rings. The molecular formula is C25H36O6. The first-order chi connectivity index (χ1) is 15.0. The highest BCUT2D eigenvalue weighted by molar-refractivity contribution is 5.61. The number of carbonyl (C=O) groups is 2. The van der Waals surface area contributed by atoms with Gasteiger partial charge in [-0.25, -0.2) is 9.59 Å². The first-order valence-electron chi connectivity index (χ1n) is 11.2. The lowest BCUT2D eigenvalue weighted by molar-refractivity contribution is 0.0786. The molecule has 0 heterocycles. The number of allylic oxidation sites excluding steroid dienone is 1. The van der Waals surface area contributed by atoms with E-state index in [2.05, 4.69) is 24.3 Å². The van der Waals surface area contributed by atoms with Crippen LogP contribution in [0.3, 0.4) is 0 Å². The van der Waals surface area contributed by atoms with E-state index in [0.717, 1.165) is 18.4 Å². The number of hydrogen-bond acceptors (Lipinski definition) is 4. The van der Waals surface area contributed by atoms with Crippen LogP contribution in [-0.4, -0.2) is 29.1 Å². The lowest BCUT2D eigenvalue weighted by Gasteiger charge is -2.19. The van der Waals surface area contributed by atoms with Gasteiger partial charge in [-0.1, -0.05) is 101 Å². The first-order valence-corrected chi connectivity index (χ1v) is 11.2. The minimum absolute atomic E-state index is 0.0754. The van der Waals surface area contributed by atoms with Crippen LogP contribution in [0.15, 0.2) is 42.7 Å². The molecular weight excluding hydrogens is 396 g/mol. The Kier molecular flexibility index (Phi) is 13.6. The van der Waals surface area contributed by atoms with Gasteiger partial charge in [0.1, 0.15) is 12.4 Å². The van der Waals surface area contributed by atoms with Gasteiger partial charge in [-0.2, -0.15) is 0 Å². The molecule has 0 saturated carbocycles. The van der Waals surface area contributed by atoms with Crippen LogP contribution >= 0.6 is 0 Å². The highest BCUT2D eigenvalue weighted by Gasteiger charge is 2.23. The Morgan fingerprint density at radius 3 is 2.19 bits per heavy atom. The van der Waals surface area contributed by atoms with E-state index < -0.39 is 18.2 Å². The maximum absolute atomic E-state index is 10.9. The van der Waals surface area contributed by atoms with Crippen molar-refractivity contribution in [3.63, 3.8) is 0 Å². The molecule has 1 rings (SSSR count). The number of rotatable bonds is 16. The third kappa shape index (κ3) is 11.9. The molecule has 1 atom stereocenters. The summed E-state index contributed by atoms with van der Waals surface area (Å²) in [5.74, 6) is -0.797. The largest absolute Gasteiger partial charge is 0.511 e. The van der Waals surface area contributed by atoms with Crippen molar-refractivity contribution < 1.29 is 29.3 Å². The molecule has 0 saturated heterocycles. The van der Waals surface area contributed by atoms with Crippen LogP contribution in [0.5, 0.6) is 0 Å². The topological polar surface area (TPSA) is 93.1 Å². The Labute approximate surface area is 185 Å². The second kappa shape index (κ2) is 16.0. The number of unbranched alkanes of at least 4 members (excludes halogenated alkanes) is 9. The molecule has 172 valence electrons. The predicted molar refractivity (Wildman–Crippen MR) is 122 cm³/mol. The average molecular weight is 433 g/mol. The third-order valence-electron chi connectivity index (χ3n) is 5.12. The molecule has 0 aliphatic heterocycles. The minimum atomic E-state index is -1.50. The molecule has 0 radical (unpaired) electrons. The summed E-state index contributed by atoms with van der Waals surface area (Å²) in [6, 6.07) is 7.36. The quantitative estimate of drug-likeness (QED) is 0.159. The van der Waals surface area contributed by atoms with Crippen LogP contribution < -0.4 is 0 Å². The summed E-state index contributed by atoms with van der Waals surface area (Å²) < 4.78 is 9.38. The second-order valence-corrected chi connectivity index (χ2v) is 7.61. The number of benzene rings is 1. The van der Waals surface area contributed by atoms with Crippen molar-refractivity contribution in [2.24, 2.45) is 0 Å². The fraction of sp³-hybridized carbons (Fsp3) is 0.520. The SMILES string of the molecule is C=C(OC(=O)O)C(COC(=O)O)c1ccccc1/C=C\CCCCCCCCCCC. The Balaban J connectivity index is 2.60. The molecule has 1 unspecified atom stereocenters. The molecule has 1 aromatic carbocycles. The summed E-state index contributed by atoms with van der Waals surface area (Å²) in [6.07, 6.45) is 13.6. The van der Waals surface area contributed by atoms with Gasteiger partial charge in [-0.05, 0) is 24.0 Å². The van der Waals surface area contributed by atoms with Gasteiger partial charge in [0.25, 0.3) is 0 Å². The van der Waals surface area contributed by atoms with Gasteiger partial charge in [-0.3, -0.25) is 0 Å². The lowest BCUT2D eigenvalue weighted by atomic mass is 9.93. The van der Waals surface area contributed by atoms with E-state index >= 15 is 0 Å². The fourth-order valence-electron chi connectivity index (χ4n) is 3.46. The van der Waals surface area contributed by atoms with E-state index in [9.17, 15) is 9.59 Å². The van der Waals surface area contributed by atoms with Crippen LogP contribution in [0.1, 0.15) is 88.2 Å². The van der Waals surface area contributed by atoms with Crippen molar-refractivity contribution in [3.05, 3.63) is 53.8 Å². The summed E-state index contributed by atoms with van der Waals surface area (Å²) in [4.78, 5) is 21.7. The Morgan fingerprint density at radius 2 is 1.58 bits per heavy atom. The summed E-state index contributed by atoms with van der Waals surface area (Å²) in [5.41, 5.74) is 1.56. The standard InChI is InChI=1S/C25H36O6/c1-3-4-5-6-7-8-9-10-11-12-13-16-21-17-14-15-18-22(21)23(19-30-24(26)27)20(2)31-25(28)29/h13-18,23H,2-12,19H2,1H3,(H,26,27)(H,28,29)/b16-13-. The van der Waals surface area contributed by atoms with Crippen LogP contribution in [0.2, 0.25) is 0 Å². The monoisotopic (exact) mass is 432 g/mol. The summed E-state index contributed by atoms with van der Waals surface area (Å²) in [5, 5.41) is 17.7. The summed E-state index contributed by atoms with van der Waals surface area (Å²) in [7, 11) is 0. The average Bonchev–Trinajstić information content (AvgIpc) is 2.72. The molecule has 6 nitrogen and oxygen atoms in total. The lowest BCUT2D eigenvalue weighted by Crippen LogP contribution is -2.17. The van der Waals surface area contributed by atoms with Crippen LogP contribution in [0.25, 0.3) is 6.08 Å². The van der Waals surface area contributed by atoms with Crippen molar-refractivity contribution in [2.75, 3.05) is 6.61 Å². The van der Waals surface area contributed by atoms with Gasteiger partial charge < -0.3 is 19.7 Å². The minimum Gasteiger partial charge on any atom is -0.450 e. The maximum Gasteiger partial charge on any atom is 0.511 e. The first kappa shape index (κ1) is 26.3. The van der Waals surface area contributed by atoms with Crippen LogP contribution in [-0.2, 0) is 9.47 Å². The van der Waals surface area contributed by atoms with E-state index in [0.29, 0.717) is 5.56 Å². The van der Waals surface area contributed by atoms with Gasteiger partial charge in [0, 0.05) is 0 Å². The van der Waals surface area contributed by atoms with E-state index in [4.69, 9.17) is 14.9 Å². The van der Waals surface area contributed by atoms with E-state index in [1.165, 1.54) is 51.4 Å². The second-order valence-electron chi connectivity index (χ2n) is 7.61. The maximum atomic E-state index is 10.9. The van der Waals surface area contributed by atoms with Crippen LogP contribution in [0, 0.1) is 0 Å². The molecule has 6 heteroatoms. The number of carboxylic acid groups (broad SMARTS) is 2. The van der Waals surface area contributed by atoms with Gasteiger partial charge in [-0.15, -0.1) is 0 Å². The molecule has 0 aliphatic carbocycles. The zero-order chi connectivity index (χ0) is 22.9. The third-order valence-corrected chi connectivity index (χ3v) is 5.12. The highest BCUT2D eigenvalue weighted by Crippen LogP contribution is 2.29. The number of hydrogen-bond donors (Lipinski definition) is 2. The molecule has 0 fully saturated rings. The Bertz CT molecular complexity index is 710. The van der Waals surface area contributed by atoms with E-state index in [1.807, 2.05) is 18.2 Å². The summed E-state index contributed by atoms with van der Waals surface area (Å²) in [6.45, 7) is 5.61. The smallest absolute Gasteiger partial charge is 0.450 e. The van der Waals surface area contributed by atoms with Crippen LogP contribution in [0.4, 0.5) is 9.59 Å². The molecule has 0 bridgehead atoms. The molecule has 0 aromatic heterocycles. The molecule has 31 heavy (non-hydrogen) atoms. The highest BCUT2D eigenvalue weighted by atomic mass is 16.7. The zero-order valence-electron chi connectivity index (χ0n) is 18.6. The van der Waals surface area contributed by atoms with Crippen molar-refractivity contribution in [1.29, 1.82) is 0 Å². The number of ether oxygens (including phenoxy) is 2. The fourth-order valence-corrected chi connectivity index (χ4v) is 3.46. The van der Waals surface area contributed by atoms with E-state index in [-0.39, 0.29) is 12.4 Å². The predicted octanol–water partition coefficient (Wildman–Crippen LogP) is 7.61. The Hall–Kier alpha value is -2.76. The van der Waals surface area contributed by atoms with Gasteiger partial charge in [0.05, 0.1) is 5.92 Å². The van der Waals surface area contributed by atoms with Crippen molar-refractivity contribution in [1.82, 2.24) is 0 Å². The van der Waals surface area contributed by atoms with Gasteiger partial charge in [0.15, 0.2) is 0 Å². The van der Waals surface area contributed by atoms with E-state index in [1.54, 1.807) is 12.1 Å². The van der Waals surface area contributed by atoms with Crippen molar-refractivity contribution >= 4 is 18.4 Å². The van der Waals surface area contributed by atoms with Crippen molar-refractivity contribution in [3.8, 4) is 0 Å². The Morgan fingerprint density at radius 1 is 0.968 bits per heavy atom. The summed E-state index contributed by atoms with van der Waals surface area (Å²) >= 11 is 0. The molecule has 2 N–H and O–H groups in total.